The maximum atomic E-state index is 12.6. The number of rotatable bonds is 7. The molecule has 0 unspecified atom stereocenters. The highest BCUT2D eigenvalue weighted by atomic mass is 16.5. The van der Waals surface area contributed by atoms with E-state index in [2.05, 4.69) is 15.3 Å². The molecule has 0 radical (unpaired) electrons. The van der Waals surface area contributed by atoms with Gasteiger partial charge in [-0.15, -0.1) is 0 Å². The third-order valence-corrected chi connectivity index (χ3v) is 5.20. The summed E-state index contributed by atoms with van der Waals surface area (Å²) >= 11 is 0. The summed E-state index contributed by atoms with van der Waals surface area (Å²) in [6.45, 7) is 5.62. The molecule has 1 aromatic carbocycles. The van der Waals surface area contributed by atoms with Crippen LogP contribution in [-0.4, -0.2) is 46.9 Å². The summed E-state index contributed by atoms with van der Waals surface area (Å²) in [6.07, 6.45) is 3.89. The lowest BCUT2D eigenvalue weighted by molar-refractivity contribution is -0.130. The molecule has 154 valence electrons. The zero-order valence-electron chi connectivity index (χ0n) is 17.3. The molecule has 0 aliphatic carbocycles. The number of methoxy groups -OCH3 is 1. The largest absolute Gasteiger partial charge is 0.497 e. The Labute approximate surface area is 171 Å². The van der Waals surface area contributed by atoms with Crippen LogP contribution in [0.2, 0.25) is 0 Å². The third kappa shape index (κ3) is 5.10. The number of hydrogen-bond acceptors (Lipinski definition) is 5. The maximum Gasteiger partial charge on any atom is 0.254 e. The molecule has 7 nitrogen and oxygen atoms in total. The standard InChI is InChI=1S/C22H28N4O3/c1-4-6-20(27)26-10-9-17(14-26)21-23-13-19(15(2)25-21)22(28)24-12-16-7-5-8-18(11-16)29-3/h5,7-8,11,13,17H,4,6,9-10,12,14H2,1-3H3,(H,24,28)/t17-/m0/s1. The van der Waals surface area contributed by atoms with Crippen LogP contribution in [0, 0.1) is 6.92 Å². The van der Waals surface area contributed by atoms with Crippen LogP contribution >= 0.6 is 0 Å². The minimum atomic E-state index is -0.206. The summed E-state index contributed by atoms with van der Waals surface area (Å²) in [6, 6.07) is 7.57. The minimum Gasteiger partial charge on any atom is -0.497 e. The molecule has 2 amide bonds. The molecule has 1 fully saturated rings. The Balaban J connectivity index is 1.61. The highest BCUT2D eigenvalue weighted by molar-refractivity contribution is 5.94. The van der Waals surface area contributed by atoms with E-state index in [1.807, 2.05) is 43.0 Å². The van der Waals surface area contributed by atoms with Crippen molar-refractivity contribution in [3.8, 4) is 5.75 Å². The number of amides is 2. The number of nitrogens with one attached hydrogen (secondary N) is 1. The van der Waals surface area contributed by atoms with Gasteiger partial charge in [0.25, 0.3) is 5.91 Å². The summed E-state index contributed by atoms with van der Waals surface area (Å²) in [5, 5.41) is 2.91. The molecule has 1 saturated heterocycles. The molecule has 0 spiro atoms. The first-order valence-electron chi connectivity index (χ1n) is 10.0. The normalized spacial score (nSPS) is 16.0. The second-order valence-electron chi connectivity index (χ2n) is 7.34. The number of benzene rings is 1. The molecular formula is C22H28N4O3. The molecule has 2 aromatic rings. The number of aromatic nitrogens is 2. The van der Waals surface area contributed by atoms with Gasteiger partial charge in [0.15, 0.2) is 0 Å². The van der Waals surface area contributed by atoms with Crippen molar-refractivity contribution in [1.29, 1.82) is 0 Å². The Morgan fingerprint density at radius 1 is 1.34 bits per heavy atom. The molecule has 1 N–H and O–H groups in total. The number of aryl methyl sites for hydroxylation is 1. The number of nitrogens with zero attached hydrogens (tertiary/aromatic N) is 3. The monoisotopic (exact) mass is 396 g/mol. The van der Waals surface area contributed by atoms with Crippen molar-refractivity contribution in [1.82, 2.24) is 20.2 Å². The van der Waals surface area contributed by atoms with Gasteiger partial charge >= 0.3 is 0 Å². The summed E-state index contributed by atoms with van der Waals surface area (Å²) in [4.78, 5) is 35.5. The van der Waals surface area contributed by atoms with E-state index in [0.29, 0.717) is 36.6 Å². The third-order valence-electron chi connectivity index (χ3n) is 5.20. The molecule has 29 heavy (non-hydrogen) atoms. The molecule has 2 heterocycles. The fourth-order valence-corrected chi connectivity index (χ4v) is 3.53. The maximum absolute atomic E-state index is 12.6. The van der Waals surface area contributed by atoms with Gasteiger partial charge in [0.2, 0.25) is 5.91 Å². The Hall–Kier alpha value is -2.96. The van der Waals surface area contributed by atoms with E-state index < -0.39 is 0 Å². The molecular weight excluding hydrogens is 368 g/mol. The van der Waals surface area contributed by atoms with Crippen molar-refractivity contribution in [2.45, 2.75) is 45.6 Å². The van der Waals surface area contributed by atoms with Gasteiger partial charge < -0.3 is 15.0 Å². The summed E-state index contributed by atoms with van der Waals surface area (Å²) in [5.41, 5.74) is 2.07. The lowest BCUT2D eigenvalue weighted by atomic mass is 10.1. The minimum absolute atomic E-state index is 0.128. The summed E-state index contributed by atoms with van der Waals surface area (Å²) in [7, 11) is 1.61. The molecule has 0 saturated carbocycles. The van der Waals surface area contributed by atoms with Crippen LogP contribution in [0.4, 0.5) is 0 Å². The van der Waals surface area contributed by atoms with Crippen molar-refractivity contribution < 1.29 is 14.3 Å². The molecule has 1 atom stereocenters. The summed E-state index contributed by atoms with van der Waals surface area (Å²) in [5.74, 6) is 1.58. The smallest absolute Gasteiger partial charge is 0.254 e. The van der Waals surface area contributed by atoms with Crippen LogP contribution < -0.4 is 10.1 Å². The quantitative estimate of drug-likeness (QED) is 0.778. The second-order valence-corrected chi connectivity index (χ2v) is 7.34. The van der Waals surface area contributed by atoms with E-state index in [0.717, 1.165) is 30.7 Å². The van der Waals surface area contributed by atoms with Gasteiger partial charge in [-0.1, -0.05) is 19.1 Å². The first-order valence-corrected chi connectivity index (χ1v) is 10.0. The molecule has 0 bridgehead atoms. The SMILES string of the molecule is CCCC(=O)N1CC[C@H](c2ncc(C(=O)NCc3cccc(OC)c3)c(C)n2)C1. The first-order chi connectivity index (χ1) is 14.0. The number of hydrogen-bond donors (Lipinski definition) is 1. The van der Waals surface area contributed by atoms with E-state index in [9.17, 15) is 9.59 Å². The van der Waals surface area contributed by atoms with Crippen LogP contribution in [0.1, 0.15) is 59.5 Å². The zero-order chi connectivity index (χ0) is 20.8. The van der Waals surface area contributed by atoms with Gasteiger partial charge in [-0.3, -0.25) is 9.59 Å². The van der Waals surface area contributed by atoms with Crippen LogP contribution in [-0.2, 0) is 11.3 Å². The first kappa shape index (κ1) is 20.8. The van der Waals surface area contributed by atoms with E-state index in [4.69, 9.17) is 4.74 Å². The van der Waals surface area contributed by atoms with Crippen molar-refractivity contribution in [2.75, 3.05) is 20.2 Å². The Bertz CT molecular complexity index is 884. The van der Waals surface area contributed by atoms with E-state index in [1.165, 1.54) is 0 Å². The van der Waals surface area contributed by atoms with Crippen LogP contribution in [0.15, 0.2) is 30.5 Å². The van der Waals surface area contributed by atoms with E-state index in [-0.39, 0.29) is 17.7 Å². The number of carbonyl (C=O) groups is 2. The van der Waals surface area contributed by atoms with Crippen LogP contribution in [0.3, 0.4) is 0 Å². The number of carbonyl (C=O) groups excluding carboxylic acids is 2. The molecule has 3 rings (SSSR count). The van der Waals surface area contributed by atoms with Crippen molar-refractivity contribution >= 4 is 11.8 Å². The van der Waals surface area contributed by atoms with Crippen molar-refractivity contribution in [3.63, 3.8) is 0 Å². The lowest BCUT2D eigenvalue weighted by Gasteiger charge is -2.16. The lowest BCUT2D eigenvalue weighted by Crippen LogP contribution is -2.28. The van der Waals surface area contributed by atoms with Gasteiger partial charge in [0.05, 0.1) is 18.4 Å². The van der Waals surface area contributed by atoms with Crippen molar-refractivity contribution in [3.05, 3.63) is 53.1 Å². The van der Waals surface area contributed by atoms with Crippen molar-refractivity contribution in [2.24, 2.45) is 0 Å². The predicted octanol–water partition coefficient (Wildman–Crippen LogP) is 2.84. The fraction of sp³-hybridized carbons (Fsp3) is 0.455. The predicted molar refractivity (Wildman–Crippen MR) is 110 cm³/mol. The molecule has 1 aliphatic heterocycles. The highest BCUT2D eigenvalue weighted by Gasteiger charge is 2.29. The van der Waals surface area contributed by atoms with Crippen LogP contribution in [0.5, 0.6) is 5.75 Å². The average Bonchev–Trinajstić information content (AvgIpc) is 3.23. The highest BCUT2D eigenvalue weighted by Crippen LogP contribution is 2.25. The van der Waals surface area contributed by atoms with Gasteiger partial charge in [-0.2, -0.15) is 0 Å². The Kier molecular flexibility index (Phi) is 6.80. The topological polar surface area (TPSA) is 84.4 Å². The van der Waals surface area contributed by atoms with Gasteiger partial charge in [0.1, 0.15) is 11.6 Å². The second kappa shape index (κ2) is 9.49. The molecule has 7 heteroatoms. The number of likely N-dealkylation sites (tertiary alicyclic amines) is 1. The summed E-state index contributed by atoms with van der Waals surface area (Å²) < 4.78 is 5.21. The Morgan fingerprint density at radius 2 is 2.17 bits per heavy atom. The van der Waals surface area contributed by atoms with Crippen LogP contribution in [0.25, 0.3) is 0 Å². The fourth-order valence-electron chi connectivity index (χ4n) is 3.53. The van der Waals surface area contributed by atoms with Gasteiger partial charge in [-0.05, 0) is 37.5 Å². The Morgan fingerprint density at radius 3 is 2.90 bits per heavy atom. The zero-order valence-corrected chi connectivity index (χ0v) is 17.3. The average molecular weight is 396 g/mol. The van der Waals surface area contributed by atoms with Gasteiger partial charge in [0, 0.05) is 38.2 Å². The molecule has 1 aliphatic rings. The molecule has 1 aromatic heterocycles. The van der Waals surface area contributed by atoms with E-state index >= 15 is 0 Å². The number of ether oxygens (including phenoxy) is 1. The van der Waals surface area contributed by atoms with E-state index in [1.54, 1.807) is 13.3 Å². The van der Waals surface area contributed by atoms with Gasteiger partial charge in [-0.25, -0.2) is 9.97 Å².